The molecule has 0 bridgehead atoms. The first-order valence-electron chi connectivity index (χ1n) is 7.58. The molecule has 3 N–H and O–H groups in total. The van der Waals surface area contributed by atoms with Crippen LogP contribution in [0.25, 0.3) is 0 Å². The normalized spacial score (nSPS) is 12.8. The van der Waals surface area contributed by atoms with Crippen molar-refractivity contribution in [2.75, 3.05) is 0 Å². The molecule has 1 aliphatic rings. The number of hydrogen-bond acceptors (Lipinski definition) is 2. The van der Waals surface area contributed by atoms with Crippen molar-refractivity contribution in [3.05, 3.63) is 64.7 Å². The van der Waals surface area contributed by atoms with Crippen LogP contribution in [0.4, 0.5) is 22.4 Å². The number of primary amides is 1. The van der Waals surface area contributed by atoms with Crippen molar-refractivity contribution in [1.29, 1.82) is 0 Å². The predicted octanol–water partition coefficient (Wildman–Crippen LogP) is 3.58. The van der Waals surface area contributed by atoms with Gasteiger partial charge in [-0.1, -0.05) is 6.07 Å². The Balaban J connectivity index is 0.000000194. The molecule has 1 aromatic carbocycles. The molecule has 1 heterocycles. The molecular weight excluding hydrogens is 338 g/mol. The molecule has 0 saturated carbocycles. The lowest BCUT2D eigenvalue weighted by atomic mass is 10.1. The number of aryl methyl sites for hydroxylation is 2. The Labute approximate surface area is 142 Å². The third kappa shape index (κ3) is 5.74. The van der Waals surface area contributed by atoms with Crippen molar-refractivity contribution in [1.82, 2.24) is 10.3 Å². The van der Waals surface area contributed by atoms with Crippen molar-refractivity contribution in [3.8, 4) is 0 Å². The summed E-state index contributed by atoms with van der Waals surface area (Å²) in [5.41, 5.74) is 6.61. The van der Waals surface area contributed by atoms with Crippen LogP contribution in [0.1, 0.15) is 28.8 Å². The van der Waals surface area contributed by atoms with Crippen molar-refractivity contribution in [2.45, 2.75) is 32.0 Å². The van der Waals surface area contributed by atoms with Gasteiger partial charge in [0.1, 0.15) is 11.5 Å². The summed E-state index contributed by atoms with van der Waals surface area (Å²) in [5, 5.41) is 2.18. The monoisotopic (exact) mass is 355 g/mol. The van der Waals surface area contributed by atoms with Gasteiger partial charge in [-0.3, -0.25) is 4.98 Å². The van der Waals surface area contributed by atoms with Gasteiger partial charge in [0.2, 0.25) is 0 Å². The molecule has 1 aromatic heterocycles. The quantitative estimate of drug-likeness (QED) is 0.809. The highest BCUT2D eigenvalue weighted by atomic mass is 19.4. The maximum Gasteiger partial charge on any atom is 0.433 e. The van der Waals surface area contributed by atoms with E-state index < -0.39 is 17.9 Å². The zero-order valence-electron chi connectivity index (χ0n) is 13.2. The highest BCUT2D eigenvalue weighted by molar-refractivity contribution is 5.71. The average Bonchev–Trinajstić information content (AvgIpc) is 3.00. The molecule has 0 fully saturated rings. The van der Waals surface area contributed by atoms with E-state index in [4.69, 9.17) is 5.73 Å². The van der Waals surface area contributed by atoms with E-state index in [0.29, 0.717) is 0 Å². The second-order valence-electron chi connectivity index (χ2n) is 5.53. The van der Waals surface area contributed by atoms with Crippen LogP contribution >= 0.6 is 0 Å². The Bertz CT molecular complexity index is 747. The standard InChI is InChI=1S/C9H9F.C8H8F3N3O/c10-9-5-4-7-2-1-3-8(7)6-9;9-8(10,11)6-3-5(1-2-13-6)4-14-7(12)15/h4-6H,1-3H2;1-3H,4H2,(H3,12,14,15). The summed E-state index contributed by atoms with van der Waals surface area (Å²) in [5.74, 6) is -0.0966. The number of urea groups is 1. The zero-order valence-corrected chi connectivity index (χ0v) is 13.2. The van der Waals surface area contributed by atoms with Gasteiger partial charge >= 0.3 is 12.2 Å². The number of alkyl halides is 3. The van der Waals surface area contributed by atoms with E-state index in [1.54, 1.807) is 12.1 Å². The second-order valence-corrected chi connectivity index (χ2v) is 5.53. The summed E-state index contributed by atoms with van der Waals surface area (Å²) in [6.45, 7) is -0.0546. The summed E-state index contributed by atoms with van der Waals surface area (Å²) in [4.78, 5) is 13.5. The number of aromatic nitrogens is 1. The number of rotatable bonds is 2. The fourth-order valence-electron chi connectivity index (χ4n) is 2.47. The summed E-state index contributed by atoms with van der Waals surface area (Å²) < 4.78 is 49.1. The lowest BCUT2D eigenvalue weighted by Crippen LogP contribution is -2.28. The number of nitrogens with two attached hydrogens (primary N) is 1. The zero-order chi connectivity index (χ0) is 18.4. The lowest BCUT2D eigenvalue weighted by molar-refractivity contribution is -0.141. The molecule has 0 radical (unpaired) electrons. The number of amides is 2. The molecule has 2 aromatic rings. The van der Waals surface area contributed by atoms with Crippen LogP contribution in [0, 0.1) is 5.82 Å². The van der Waals surface area contributed by atoms with Gasteiger partial charge < -0.3 is 11.1 Å². The Morgan fingerprint density at radius 2 is 1.88 bits per heavy atom. The van der Waals surface area contributed by atoms with Crippen molar-refractivity contribution in [2.24, 2.45) is 5.73 Å². The highest BCUT2D eigenvalue weighted by Gasteiger charge is 2.32. The molecule has 2 amide bonds. The van der Waals surface area contributed by atoms with Gasteiger partial charge in [0.25, 0.3) is 0 Å². The van der Waals surface area contributed by atoms with Crippen LogP contribution in [0.5, 0.6) is 0 Å². The van der Waals surface area contributed by atoms with Gasteiger partial charge in [-0.05, 0) is 60.2 Å². The molecule has 1 aliphatic carbocycles. The number of carbonyl (C=O) groups excluding carboxylic acids is 1. The van der Waals surface area contributed by atoms with E-state index in [0.717, 1.165) is 25.1 Å². The van der Waals surface area contributed by atoms with E-state index in [1.165, 1.54) is 23.6 Å². The van der Waals surface area contributed by atoms with Crippen molar-refractivity contribution >= 4 is 6.03 Å². The third-order valence-corrected chi connectivity index (χ3v) is 3.64. The first kappa shape index (κ1) is 18.7. The van der Waals surface area contributed by atoms with E-state index in [2.05, 4.69) is 10.3 Å². The summed E-state index contributed by atoms with van der Waals surface area (Å²) in [7, 11) is 0. The average molecular weight is 355 g/mol. The van der Waals surface area contributed by atoms with Gasteiger partial charge in [-0.15, -0.1) is 0 Å². The van der Waals surface area contributed by atoms with Gasteiger partial charge in [0.15, 0.2) is 0 Å². The highest BCUT2D eigenvalue weighted by Crippen LogP contribution is 2.27. The smallest absolute Gasteiger partial charge is 0.352 e. The van der Waals surface area contributed by atoms with Crippen LogP contribution in [0.2, 0.25) is 0 Å². The van der Waals surface area contributed by atoms with E-state index in [-0.39, 0.29) is 17.9 Å². The summed E-state index contributed by atoms with van der Waals surface area (Å²) in [6.07, 6.45) is -0.0644. The Hall–Kier alpha value is -2.64. The molecule has 0 spiro atoms. The van der Waals surface area contributed by atoms with Crippen LogP contribution in [0.3, 0.4) is 0 Å². The molecule has 0 aliphatic heterocycles. The van der Waals surface area contributed by atoms with Gasteiger partial charge in [0.05, 0.1) is 0 Å². The van der Waals surface area contributed by atoms with E-state index in [1.807, 2.05) is 6.07 Å². The topological polar surface area (TPSA) is 68.0 Å². The summed E-state index contributed by atoms with van der Waals surface area (Å²) >= 11 is 0. The van der Waals surface area contributed by atoms with E-state index >= 15 is 0 Å². The minimum absolute atomic E-state index is 0.0546. The van der Waals surface area contributed by atoms with Crippen molar-refractivity contribution in [3.63, 3.8) is 0 Å². The Morgan fingerprint density at radius 3 is 2.56 bits per heavy atom. The van der Waals surface area contributed by atoms with Crippen molar-refractivity contribution < 1.29 is 22.4 Å². The fraction of sp³-hybridized carbons (Fsp3) is 0.294. The minimum Gasteiger partial charge on any atom is -0.352 e. The molecule has 134 valence electrons. The van der Waals surface area contributed by atoms with Crippen LogP contribution in [-0.4, -0.2) is 11.0 Å². The lowest BCUT2D eigenvalue weighted by Gasteiger charge is -2.07. The largest absolute Gasteiger partial charge is 0.433 e. The first-order valence-corrected chi connectivity index (χ1v) is 7.58. The van der Waals surface area contributed by atoms with Gasteiger partial charge in [0, 0.05) is 12.7 Å². The maximum absolute atomic E-state index is 12.6. The maximum atomic E-state index is 12.6. The Kier molecular flexibility index (Phi) is 5.95. The number of hydrogen-bond donors (Lipinski definition) is 2. The molecule has 25 heavy (non-hydrogen) atoms. The number of nitrogens with one attached hydrogen (secondary N) is 1. The molecule has 0 saturated heterocycles. The number of carbonyl (C=O) groups is 1. The molecular formula is C17H17F4N3O. The van der Waals surface area contributed by atoms with Crippen LogP contribution in [-0.2, 0) is 25.6 Å². The molecule has 0 atom stereocenters. The van der Waals surface area contributed by atoms with E-state index in [9.17, 15) is 22.4 Å². The number of halogens is 4. The minimum atomic E-state index is -4.48. The van der Waals surface area contributed by atoms with Crippen LogP contribution < -0.4 is 11.1 Å². The molecule has 0 unspecified atom stereocenters. The predicted molar refractivity (Wildman–Crippen MR) is 84.1 cm³/mol. The SMILES string of the molecule is Fc1ccc2c(c1)CCC2.NC(=O)NCc1ccnc(C(F)(F)F)c1. The number of fused-ring (bicyclic) bond motifs is 1. The second kappa shape index (κ2) is 7.96. The molecule has 4 nitrogen and oxygen atoms in total. The fourth-order valence-corrected chi connectivity index (χ4v) is 2.47. The van der Waals surface area contributed by atoms with Crippen LogP contribution in [0.15, 0.2) is 36.5 Å². The third-order valence-electron chi connectivity index (χ3n) is 3.64. The summed E-state index contributed by atoms with van der Waals surface area (Å²) in [6, 6.07) is 6.53. The number of benzene rings is 1. The molecule has 3 rings (SSSR count). The van der Waals surface area contributed by atoms with Gasteiger partial charge in [-0.2, -0.15) is 13.2 Å². The van der Waals surface area contributed by atoms with Gasteiger partial charge in [-0.25, -0.2) is 9.18 Å². The Morgan fingerprint density at radius 1 is 1.16 bits per heavy atom. The number of nitrogens with zero attached hydrogens (tertiary/aromatic N) is 1. The number of pyridine rings is 1. The molecule has 8 heteroatoms. The first-order chi connectivity index (χ1) is 11.8.